The molecule has 0 N–H and O–H groups in total. The van der Waals surface area contributed by atoms with Crippen LogP contribution in [0.4, 0.5) is 0 Å². The maximum Gasteiger partial charge on any atom is 0.180 e. The summed E-state index contributed by atoms with van der Waals surface area (Å²) < 4.78 is 0. The molecule has 0 aliphatic carbocycles. The number of rotatable bonds is 4. The fraction of sp³-hybridized carbons (Fsp3) is 0.500. The van der Waals surface area contributed by atoms with Gasteiger partial charge >= 0.3 is 0 Å². The van der Waals surface area contributed by atoms with Crippen LogP contribution in [0.25, 0.3) is 0 Å². The first-order valence-corrected chi connectivity index (χ1v) is 3.90. The van der Waals surface area contributed by atoms with Crippen LogP contribution >= 0.6 is 0 Å². The Hall–Kier alpha value is -0.850. The van der Waals surface area contributed by atoms with Crippen molar-refractivity contribution in [1.82, 2.24) is 0 Å². The van der Waals surface area contributed by atoms with Crippen molar-refractivity contribution in [2.45, 2.75) is 27.2 Å². The number of carbonyl (C=O) groups is 1. The predicted molar refractivity (Wildman–Crippen MR) is 48.4 cm³/mol. The monoisotopic (exact) mass is 152 g/mol. The summed E-state index contributed by atoms with van der Waals surface area (Å²) in [7, 11) is 0. The van der Waals surface area contributed by atoms with E-state index in [1.54, 1.807) is 13.0 Å². The van der Waals surface area contributed by atoms with Gasteiger partial charge in [-0.1, -0.05) is 26.5 Å². The van der Waals surface area contributed by atoms with E-state index in [9.17, 15) is 4.79 Å². The largest absolute Gasteiger partial charge is 0.290 e. The summed E-state index contributed by atoms with van der Waals surface area (Å²) in [6.45, 7) is 9.52. The molecule has 0 unspecified atom stereocenters. The number of allylic oxidation sites excluding steroid dienone is 3. The maximum absolute atomic E-state index is 10.9. The lowest BCUT2D eigenvalue weighted by atomic mass is 10.1. The van der Waals surface area contributed by atoms with E-state index >= 15 is 0 Å². The number of ketones is 1. The van der Waals surface area contributed by atoms with Crippen LogP contribution in [0.3, 0.4) is 0 Å². The van der Waals surface area contributed by atoms with E-state index in [0.717, 1.165) is 6.42 Å². The summed E-state index contributed by atoms with van der Waals surface area (Å²) in [6.07, 6.45) is 4.46. The Kier molecular flexibility index (Phi) is 4.51. The average molecular weight is 152 g/mol. The second-order valence-electron chi connectivity index (χ2n) is 3.18. The molecule has 0 aliphatic rings. The van der Waals surface area contributed by atoms with Crippen molar-refractivity contribution in [3.8, 4) is 0 Å². The molecule has 0 aromatic heterocycles. The van der Waals surface area contributed by atoms with Crippen LogP contribution in [-0.4, -0.2) is 5.78 Å². The Morgan fingerprint density at radius 1 is 1.55 bits per heavy atom. The highest BCUT2D eigenvalue weighted by Crippen LogP contribution is 2.01. The lowest BCUT2D eigenvalue weighted by molar-refractivity contribution is -0.111. The van der Waals surface area contributed by atoms with Crippen molar-refractivity contribution in [2.24, 2.45) is 5.92 Å². The third-order valence-corrected chi connectivity index (χ3v) is 1.30. The van der Waals surface area contributed by atoms with Gasteiger partial charge in [0, 0.05) is 0 Å². The molecule has 0 saturated heterocycles. The van der Waals surface area contributed by atoms with Gasteiger partial charge in [-0.3, -0.25) is 4.79 Å². The van der Waals surface area contributed by atoms with Gasteiger partial charge in [-0.05, 0) is 30.9 Å². The van der Waals surface area contributed by atoms with Gasteiger partial charge in [0.15, 0.2) is 5.78 Å². The third-order valence-electron chi connectivity index (χ3n) is 1.30. The quantitative estimate of drug-likeness (QED) is 0.566. The number of carbonyl (C=O) groups excluding carboxylic acids is 1. The molecule has 11 heavy (non-hydrogen) atoms. The van der Waals surface area contributed by atoms with Crippen LogP contribution in [0.15, 0.2) is 24.3 Å². The number of hydrogen-bond donors (Lipinski definition) is 0. The Bertz CT molecular complexity index is 175. The van der Waals surface area contributed by atoms with Crippen molar-refractivity contribution in [3.63, 3.8) is 0 Å². The standard InChI is InChI=1S/C10H16O/c1-8(2)6-5-7-10(11)9(3)4/h5,7-8H,3,6H2,1-2,4H3. The molecule has 0 amide bonds. The van der Waals surface area contributed by atoms with E-state index in [1.165, 1.54) is 0 Å². The smallest absolute Gasteiger partial charge is 0.180 e. The molecule has 0 bridgehead atoms. The van der Waals surface area contributed by atoms with Crippen molar-refractivity contribution in [1.29, 1.82) is 0 Å². The summed E-state index contributed by atoms with van der Waals surface area (Å²) in [4.78, 5) is 10.9. The highest BCUT2D eigenvalue weighted by Gasteiger charge is 1.94. The molecular formula is C10H16O. The second-order valence-corrected chi connectivity index (χ2v) is 3.18. The molecule has 0 rings (SSSR count). The third kappa shape index (κ3) is 5.59. The second kappa shape index (κ2) is 4.89. The first-order valence-electron chi connectivity index (χ1n) is 3.90. The lowest BCUT2D eigenvalue weighted by Gasteiger charge is -1.95. The molecule has 0 atom stereocenters. The summed E-state index contributed by atoms with van der Waals surface area (Å²) in [5.41, 5.74) is 0.602. The Balaban J connectivity index is 3.75. The zero-order chi connectivity index (χ0) is 8.85. The summed E-state index contributed by atoms with van der Waals surface area (Å²) in [6, 6.07) is 0. The lowest BCUT2D eigenvalue weighted by Crippen LogP contribution is -1.92. The van der Waals surface area contributed by atoms with Gasteiger partial charge in [-0.2, -0.15) is 0 Å². The van der Waals surface area contributed by atoms with Crippen LogP contribution in [0.2, 0.25) is 0 Å². The van der Waals surface area contributed by atoms with Gasteiger partial charge in [0.05, 0.1) is 0 Å². The van der Waals surface area contributed by atoms with Gasteiger partial charge in [-0.15, -0.1) is 0 Å². The minimum absolute atomic E-state index is 0.0330. The van der Waals surface area contributed by atoms with Gasteiger partial charge in [0.1, 0.15) is 0 Å². The minimum Gasteiger partial charge on any atom is -0.290 e. The fourth-order valence-corrected chi connectivity index (χ4v) is 0.590. The van der Waals surface area contributed by atoms with Crippen LogP contribution < -0.4 is 0 Å². The van der Waals surface area contributed by atoms with Gasteiger partial charge in [-0.25, -0.2) is 0 Å². The molecule has 0 aromatic carbocycles. The first-order chi connectivity index (χ1) is 5.04. The van der Waals surface area contributed by atoms with E-state index in [2.05, 4.69) is 20.4 Å². The average Bonchev–Trinajstić information content (AvgIpc) is 1.86. The van der Waals surface area contributed by atoms with Crippen LogP contribution in [0.1, 0.15) is 27.2 Å². The molecular weight excluding hydrogens is 136 g/mol. The van der Waals surface area contributed by atoms with Gasteiger partial charge < -0.3 is 0 Å². The molecule has 1 nitrogen and oxygen atoms in total. The summed E-state index contributed by atoms with van der Waals surface area (Å²) in [5, 5.41) is 0. The zero-order valence-corrected chi connectivity index (χ0v) is 7.55. The highest BCUT2D eigenvalue weighted by atomic mass is 16.1. The number of hydrogen-bond acceptors (Lipinski definition) is 1. The molecule has 0 aromatic rings. The Labute approximate surface area is 68.8 Å². The highest BCUT2D eigenvalue weighted by molar-refractivity contribution is 6.02. The van der Waals surface area contributed by atoms with E-state index in [0.29, 0.717) is 11.5 Å². The first kappa shape index (κ1) is 10.2. The Morgan fingerprint density at radius 3 is 2.45 bits per heavy atom. The topological polar surface area (TPSA) is 17.1 Å². The molecule has 0 saturated carbocycles. The SMILES string of the molecule is C=C(C)C(=O)C=CCC(C)C. The molecule has 0 heterocycles. The van der Waals surface area contributed by atoms with Crippen molar-refractivity contribution >= 4 is 5.78 Å². The molecule has 62 valence electrons. The Morgan fingerprint density at radius 2 is 2.09 bits per heavy atom. The van der Waals surface area contributed by atoms with E-state index in [-0.39, 0.29) is 5.78 Å². The molecule has 1 heteroatoms. The van der Waals surface area contributed by atoms with E-state index in [1.807, 2.05) is 6.08 Å². The molecule has 0 aliphatic heterocycles. The van der Waals surface area contributed by atoms with Crippen molar-refractivity contribution in [2.75, 3.05) is 0 Å². The van der Waals surface area contributed by atoms with Gasteiger partial charge in [0.25, 0.3) is 0 Å². The minimum atomic E-state index is 0.0330. The maximum atomic E-state index is 10.9. The van der Waals surface area contributed by atoms with Crippen molar-refractivity contribution in [3.05, 3.63) is 24.3 Å². The van der Waals surface area contributed by atoms with Crippen LogP contribution in [0.5, 0.6) is 0 Å². The fourth-order valence-electron chi connectivity index (χ4n) is 0.590. The van der Waals surface area contributed by atoms with Gasteiger partial charge in [0.2, 0.25) is 0 Å². The van der Waals surface area contributed by atoms with Crippen LogP contribution in [0, 0.1) is 5.92 Å². The predicted octanol–water partition coefficient (Wildman–Crippen LogP) is 2.73. The van der Waals surface area contributed by atoms with Crippen LogP contribution in [-0.2, 0) is 4.79 Å². The normalized spacial score (nSPS) is 10.9. The van der Waals surface area contributed by atoms with E-state index < -0.39 is 0 Å². The van der Waals surface area contributed by atoms with Crippen molar-refractivity contribution < 1.29 is 4.79 Å². The van der Waals surface area contributed by atoms with E-state index in [4.69, 9.17) is 0 Å². The summed E-state index contributed by atoms with van der Waals surface area (Å²) in [5.74, 6) is 0.648. The molecule has 0 radical (unpaired) electrons. The zero-order valence-electron chi connectivity index (χ0n) is 7.55. The summed E-state index contributed by atoms with van der Waals surface area (Å²) >= 11 is 0. The molecule has 0 fully saturated rings. The molecule has 0 spiro atoms.